The molecule has 0 nitrogen and oxygen atoms in total. The first-order valence-electron chi connectivity index (χ1n) is 13.5. The van der Waals surface area contributed by atoms with Crippen LogP contribution in [0, 0.1) is 0 Å². The van der Waals surface area contributed by atoms with Crippen LogP contribution in [0.3, 0.4) is 0 Å². The highest BCUT2D eigenvalue weighted by atomic mass is 14.2. The number of hydrogen-bond acceptors (Lipinski definition) is 0. The van der Waals surface area contributed by atoms with Gasteiger partial charge in [-0.15, -0.1) is 0 Å². The molecule has 0 atom stereocenters. The lowest BCUT2D eigenvalue weighted by Gasteiger charge is -2.21. The van der Waals surface area contributed by atoms with E-state index < -0.39 is 0 Å². The number of hydrogen-bond donors (Lipinski definition) is 0. The van der Waals surface area contributed by atoms with Crippen LogP contribution in [0.25, 0.3) is 65.3 Å². The van der Waals surface area contributed by atoms with Crippen LogP contribution in [-0.4, -0.2) is 0 Å². The summed E-state index contributed by atoms with van der Waals surface area (Å²) in [6.45, 7) is 6.82. The second kappa shape index (κ2) is 8.57. The van der Waals surface area contributed by atoms with Gasteiger partial charge in [0.25, 0.3) is 0 Å². The second-order valence-electron chi connectivity index (χ2n) is 11.4. The normalized spacial score (nSPS) is 12.1. The molecule has 0 fully saturated rings. The molecule has 0 N–H and O–H groups in total. The fourth-order valence-corrected chi connectivity index (χ4v) is 6.06. The zero-order valence-electron chi connectivity index (χ0n) is 22.1. The average molecular weight is 487 g/mol. The fourth-order valence-electron chi connectivity index (χ4n) is 6.06. The molecule has 7 aromatic carbocycles. The van der Waals surface area contributed by atoms with E-state index in [1.165, 1.54) is 70.9 Å². The molecule has 7 aromatic rings. The van der Waals surface area contributed by atoms with Crippen molar-refractivity contribution in [1.29, 1.82) is 0 Å². The molecule has 0 saturated carbocycles. The summed E-state index contributed by atoms with van der Waals surface area (Å²) in [5, 5.41) is 10.3. The smallest absolute Gasteiger partial charge is 0.00262 e. The number of benzene rings is 7. The highest BCUT2D eigenvalue weighted by Crippen LogP contribution is 2.44. The predicted molar refractivity (Wildman–Crippen MR) is 166 cm³/mol. The Kier molecular flexibility index (Phi) is 5.13. The van der Waals surface area contributed by atoms with Gasteiger partial charge in [0.2, 0.25) is 0 Å². The lowest BCUT2D eigenvalue weighted by atomic mass is 9.83. The van der Waals surface area contributed by atoms with Gasteiger partial charge < -0.3 is 0 Å². The van der Waals surface area contributed by atoms with E-state index >= 15 is 0 Å². The SMILES string of the molecule is CC(C)(C)c1ccc(-c2c3ccccc3c(-c3ccc4c(ccc5ccccc54)c3)c3ccccc23)cc1. The summed E-state index contributed by atoms with van der Waals surface area (Å²) < 4.78 is 0. The van der Waals surface area contributed by atoms with Crippen molar-refractivity contribution in [3.05, 3.63) is 133 Å². The number of fused-ring (bicyclic) bond motifs is 5. The van der Waals surface area contributed by atoms with Crippen LogP contribution in [0.15, 0.2) is 127 Å². The molecule has 0 radical (unpaired) electrons. The van der Waals surface area contributed by atoms with Crippen molar-refractivity contribution in [1.82, 2.24) is 0 Å². The monoisotopic (exact) mass is 486 g/mol. The van der Waals surface area contributed by atoms with Crippen molar-refractivity contribution in [3.63, 3.8) is 0 Å². The first-order chi connectivity index (χ1) is 18.5. The molecule has 38 heavy (non-hydrogen) atoms. The van der Waals surface area contributed by atoms with Gasteiger partial charge in [0.15, 0.2) is 0 Å². The number of rotatable bonds is 2. The van der Waals surface area contributed by atoms with Crippen LogP contribution < -0.4 is 0 Å². The van der Waals surface area contributed by atoms with Crippen LogP contribution in [0.4, 0.5) is 0 Å². The maximum atomic E-state index is 2.37. The first kappa shape index (κ1) is 22.8. The van der Waals surface area contributed by atoms with E-state index in [4.69, 9.17) is 0 Å². The van der Waals surface area contributed by atoms with Crippen LogP contribution in [0.1, 0.15) is 26.3 Å². The van der Waals surface area contributed by atoms with Crippen molar-refractivity contribution >= 4 is 43.1 Å². The molecule has 182 valence electrons. The maximum Gasteiger partial charge on any atom is -0.00262 e. The van der Waals surface area contributed by atoms with Crippen molar-refractivity contribution in [2.24, 2.45) is 0 Å². The van der Waals surface area contributed by atoms with E-state index in [9.17, 15) is 0 Å². The third-order valence-electron chi connectivity index (χ3n) is 8.00. The van der Waals surface area contributed by atoms with Gasteiger partial charge in [-0.05, 0) is 82.4 Å². The summed E-state index contributed by atoms with van der Waals surface area (Å²) >= 11 is 0. The van der Waals surface area contributed by atoms with E-state index in [1.54, 1.807) is 0 Å². The summed E-state index contributed by atoms with van der Waals surface area (Å²) in [6.07, 6.45) is 0. The summed E-state index contributed by atoms with van der Waals surface area (Å²) in [6, 6.07) is 47.1. The van der Waals surface area contributed by atoms with Gasteiger partial charge in [-0.25, -0.2) is 0 Å². The fraction of sp³-hybridized carbons (Fsp3) is 0.105. The summed E-state index contributed by atoms with van der Waals surface area (Å²) in [4.78, 5) is 0. The topological polar surface area (TPSA) is 0 Å². The van der Waals surface area contributed by atoms with Crippen LogP contribution in [0.2, 0.25) is 0 Å². The van der Waals surface area contributed by atoms with Gasteiger partial charge in [-0.3, -0.25) is 0 Å². The van der Waals surface area contributed by atoms with Gasteiger partial charge >= 0.3 is 0 Å². The maximum absolute atomic E-state index is 2.37. The lowest BCUT2D eigenvalue weighted by Crippen LogP contribution is -2.10. The minimum Gasteiger partial charge on any atom is -0.0616 e. The minimum atomic E-state index is 0.133. The molecule has 0 heteroatoms. The van der Waals surface area contributed by atoms with E-state index in [0.717, 1.165) is 0 Å². The molecule has 0 aliphatic rings. The van der Waals surface area contributed by atoms with Gasteiger partial charge in [-0.2, -0.15) is 0 Å². The Morgan fingerprint density at radius 3 is 1.39 bits per heavy atom. The predicted octanol–water partition coefficient (Wildman–Crippen LogP) is 10.9. The Morgan fingerprint density at radius 2 is 0.816 bits per heavy atom. The molecule has 0 spiro atoms. The van der Waals surface area contributed by atoms with E-state index in [2.05, 4.69) is 148 Å². The van der Waals surface area contributed by atoms with Crippen molar-refractivity contribution < 1.29 is 0 Å². The highest BCUT2D eigenvalue weighted by Gasteiger charge is 2.18. The molecule has 0 saturated heterocycles. The highest BCUT2D eigenvalue weighted by molar-refractivity contribution is 6.22. The lowest BCUT2D eigenvalue weighted by molar-refractivity contribution is 0.590. The molecule has 7 rings (SSSR count). The zero-order valence-corrected chi connectivity index (χ0v) is 22.1. The standard InChI is InChI=1S/C38H30/c1-38(2,3)29-21-18-26(19-22-29)36-32-12-6-8-14-34(32)37(35-15-9-7-13-33(35)36)28-20-23-31-27(24-28)17-16-25-10-4-5-11-30(25)31/h4-24H,1-3H3. The van der Waals surface area contributed by atoms with E-state index in [1.807, 2.05) is 0 Å². The van der Waals surface area contributed by atoms with E-state index in [0.29, 0.717) is 0 Å². The average Bonchev–Trinajstić information content (AvgIpc) is 2.95. The summed E-state index contributed by atoms with van der Waals surface area (Å²) in [5.41, 5.74) is 6.63. The quantitative estimate of drug-likeness (QED) is 0.168. The van der Waals surface area contributed by atoms with Crippen molar-refractivity contribution in [3.8, 4) is 22.3 Å². The Bertz CT molecular complexity index is 1930. The molecule has 0 aliphatic heterocycles. The molecular weight excluding hydrogens is 456 g/mol. The first-order valence-corrected chi connectivity index (χ1v) is 13.5. The van der Waals surface area contributed by atoms with Crippen LogP contribution in [0.5, 0.6) is 0 Å². The van der Waals surface area contributed by atoms with Crippen LogP contribution in [-0.2, 0) is 5.41 Å². The largest absolute Gasteiger partial charge is 0.0616 e. The van der Waals surface area contributed by atoms with Gasteiger partial charge in [0, 0.05) is 0 Å². The third kappa shape index (κ3) is 3.60. The van der Waals surface area contributed by atoms with Crippen LogP contribution >= 0.6 is 0 Å². The Labute approximate surface area is 224 Å². The van der Waals surface area contributed by atoms with E-state index in [-0.39, 0.29) is 5.41 Å². The molecule has 0 amide bonds. The second-order valence-corrected chi connectivity index (χ2v) is 11.4. The van der Waals surface area contributed by atoms with Gasteiger partial charge in [-0.1, -0.05) is 142 Å². The molecular formula is C38H30. The van der Waals surface area contributed by atoms with Gasteiger partial charge in [0.05, 0.1) is 0 Å². The Hall–Kier alpha value is -4.42. The Morgan fingerprint density at radius 1 is 0.368 bits per heavy atom. The molecule has 0 unspecified atom stereocenters. The zero-order chi connectivity index (χ0) is 25.9. The Balaban J connectivity index is 1.52. The molecule has 0 aromatic heterocycles. The molecule has 0 aliphatic carbocycles. The summed E-state index contributed by atoms with van der Waals surface area (Å²) in [5.74, 6) is 0. The van der Waals surface area contributed by atoms with Gasteiger partial charge in [0.1, 0.15) is 0 Å². The molecule has 0 bridgehead atoms. The van der Waals surface area contributed by atoms with Crippen molar-refractivity contribution in [2.45, 2.75) is 26.2 Å². The molecule has 0 heterocycles. The van der Waals surface area contributed by atoms with Crippen molar-refractivity contribution in [2.75, 3.05) is 0 Å². The minimum absolute atomic E-state index is 0.133. The third-order valence-corrected chi connectivity index (χ3v) is 8.00. The summed E-state index contributed by atoms with van der Waals surface area (Å²) in [7, 11) is 0.